The summed E-state index contributed by atoms with van der Waals surface area (Å²) in [5.74, 6) is -2.03. The van der Waals surface area contributed by atoms with Crippen LogP contribution in [0.5, 0.6) is 5.88 Å². The van der Waals surface area contributed by atoms with Crippen molar-refractivity contribution in [3.8, 4) is 5.88 Å². The summed E-state index contributed by atoms with van der Waals surface area (Å²) < 4.78 is 57.5. The highest BCUT2D eigenvalue weighted by atomic mass is 32.2. The van der Waals surface area contributed by atoms with E-state index in [4.69, 9.17) is 18.0 Å². The second-order valence-electron chi connectivity index (χ2n) is 6.74. The van der Waals surface area contributed by atoms with Crippen LogP contribution in [-0.2, 0) is 0 Å². The molecule has 2 aromatic heterocycles. The van der Waals surface area contributed by atoms with Crippen molar-refractivity contribution in [2.24, 2.45) is 16.6 Å². The van der Waals surface area contributed by atoms with Crippen LogP contribution in [-0.4, -0.2) is 41.2 Å². The number of carbonyl (C=O) groups is 1. The first-order valence-electron chi connectivity index (χ1n) is 9.06. The Hall–Kier alpha value is -2.87. The molecule has 2 heterocycles. The van der Waals surface area contributed by atoms with Gasteiger partial charge in [-0.3, -0.25) is 19.5 Å². The van der Waals surface area contributed by atoms with Gasteiger partial charge in [0.15, 0.2) is 18.4 Å². The van der Waals surface area contributed by atoms with Crippen molar-refractivity contribution in [3.05, 3.63) is 40.5 Å². The minimum Gasteiger partial charge on any atom is -0.467 e. The second-order valence-corrected chi connectivity index (χ2v) is 8.00. The molecular formula is C18H20F4N6O2S2. The number of nitrogens with two attached hydrogens (primary N) is 1. The molecule has 0 radical (unpaired) electrons. The summed E-state index contributed by atoms with van der Waals surface area (Å²) in [4.78, 5) is 23.0. The first-order valence-corrected chi connectivity index (χ1v) is 10.3. The highest BCUT2D eigenvalue weighted by Gasteiger charge is 2.29. The average Bonchev–Trinajstić information content (AvgIpc) is 2.71. The number of hydrogen-bond acceptors (Lipinski definition) is 6. The summed E-state index contributed by atoms with van der Waals surface area (Å²) in [6, 6.07) is 2.29. The van der Waals surface area contributed by atoms with Gasteiger partial charge in [0.05, 0.1) is 22.3 Å². The Morgan fingerprint density at radius 1 is 1.44 bits per heavy atom. The van der Waals surface area contributed by atoms with Gasteiger partial charge in [-0.1, -0.05) is 26.1 Å². The molecule has 0 fully saturated rings. The number of ether oxygens (including phenoxy) is 1. The van der Waals surface area contributed by atoms with Gasteiger partial charge < -0.3 is 20.8 Å². The van der Waals surface area contributed by atoms with Crippen LogP contribution in [0, 0.1) is 16.4 Å². The number of nitrogens with one attached hydrogen (secondary N) is 3. The number of aliphatic imine (C=N–C) groups is 1. The number of aromatic amines is 1. The Morgan fingerprint density at radius 3 is 2.81 bits per heavy atom. The number of carbonyl (C=O) groups excluding carboxylic acids is 1. The number of halogens is 4. The van der Waals surface area contributed by atoms with Crippen LogP contribution in [0.1, 0.15) is 24.2 Å². The molecule has 0 spiro atoms. The van der Waals surface area contributed by atoms with Crippen molar-refractivity contribution in [2.75, 3.05) is 18.5 Å². The zero-order chi connectivity index (χ0) is 23.9. The van der Waals surface area contributed by atoms with Crippen molar-refractivity contribution in [1.82, 2.24) is 14.7 Å². The summed E-state index contributed by atoms with van der Waals surface area (Å²) in [6.45, 7) is 2.75. The lowest BCUT2D eigenvalue weighted by Gasteiger charge is -2.12. The smallest absolute Gasteiger partial charge is 0.422 e. The van der Waals surface area contributed by atoms with Crippen LogP contribution in [0.25, 0.3) is 0 Å². The number of aromatic nitrogens is 2. The second kappa shape index (κ2) is 11.1. The summed E-state index contributed by atoms with van der Waals surface area (Å²) in [5, 5.41) is 2.80. The predicted octanol–water partition coefficient (Wildman–Crippen LogP) is 4.04. The molecule has 0 aliphatic heterocycles. The van der Waals surface area contributed by atoms with Gasteiger partial charge in [-0.2, -0.15) is 13.2 Å². The van der Waals surface area contributed by atoms with E-state index in [0.717, 1.165) is 6.07 Å². The van der Waals surface area contributed by atoms with Crippen LogP contribution in [0.3, 0.4) is 0 Å². The van der Waals surface area contributed by atoms with Crippen molar-refractivity contribution < 1.29 is 27.1 Å². The predicted molar refractivity (Wildman–Crippen MR) is 116 cm³/mol. The number of rotatable bonds is 8. The van der Waals surface area contributed by atoms with E-state index < -0.39 is 30.4 Å². The Balaban J connectivity index is 2.09. The largest absolute Gasteiger partial charge is 0.467 e. The molecule has 0 aliphatic carbocycles. The standard InChI is InChI=1S/C18H20F4N6O2S2/c1-9(2)6-25-17(23)26-12-7-24-4-3-10(12)14(29)28-32-13-5-11(19)15(27-16(13)31)30-8-18(20,21)22/h3-5,7,9H,6,8H2,1-2H3,(H,27,31)(H,28,29)(H3,23,25,26). The van der Waals surface area contributed by atoms with Gasteiger partial charge in [0, 0.05) is 12.7 Å². The third-order valence-electron chi connectivity index (χ3n) is 3.51. The summed E-state index contributed by atoms with van der Waals surface area (Å²) in [5.41, 5.74) is 6.29. The number of hydrogen-bond donors (Lipinski definition) is 4. The van der Waals surface area contributed by atoms with Crippen LogP contribution >= 0.6 is 24.2 Å². The van der Waals surface area contributed by atoms with Gasteiger partial charge in [0.25, 0.3) is 5.91 Å². The molecule has 174 valence electrons. The van der Waals surface area contributed by atoms with E-state index in [1.165, 1.54) is 18.5 Å². The molecule has 2 aromatic rings. The quantitative estimate of drug-likeness (QED) is 0.144. The molecule has 0 aromatic carbocycles. The minimum atomic E-state index is -4.64. The minimum absolute atomic E-state index is 0.0618. The topological polar surface area (TPSA) is 117 Å². The Bertz CT molecular complexity index is 1040. The molecule has 1 amide bonds. The van der Waals surface area contributed by atoms with E-state index in [0.29, 0.717) is 30.1 Å². The molecule has 8 nitrogen and oxygen atoms in total. The fourth-order valence-corrected chi connectivity index (χ4v) is 3.01. The highest BCUT2D eigenvalue weighted by Crippen LogP contribution is 2.25. The normalized spacial score (nSPS) is 12.0. The lowest BCUT2D eigenvalue weighted by Crippen LogP contribution is -2.26. The molecule has 14 heteroatoms. The zero-order valence-electron chi connectivity index (χ0n) is 16.9. The van der Waals surface area contributed by atoms with E-state index in [2.05, 4.69) is 29.7 Å². The molecule has 0 unspecified atom stereocenters. The summed E-state index contributed by atoms with van der Waals surface area (Å²) >= 11 is 5.67. The Labute approximate surface area is 190 Å². The lowest BCUT2D eigenvalue weighted by molar-refractivity contribution is -0.154. The number of alkyl halides is 3. The number of H-pyrrole nitrogens is 1. The van der Waals surface area contributed by atoms with Gasteiger partial charge in [-0.15, -0.1) is 0 Å². The summed E-state index contributed by atoms with van der Waals surface area (Å²) in [7, 11) is 0. The molecule has 0 saturated carbocycles. The first kappa shape index (κ1) is 25.4. The lowest BCUT2D eigenvalue weighted by atomic mass is 10.2. The van der Waals surface area contributed by atoms with Crippen LogP contribution < -0.4 is 20.5 Å². The fraction of sp³-hybridized carbons (Fsp3) is 0.333. The molecular weight excluding hydrogens is 472 g/mol. The third kappa shape index (κ3) is 8.00. The molecule has 0 atom stereocenters. The number of amides is 1. The number of anilines is 1. The Kier molecular flexibility index (Phi) is 8.83. The molecule has 32 heavy (non-hydrogen) atoms. The third-order valence-corrected chi connectivity index (χ3v) is 4.80. The van der Waals surface area contributed by atoms with Crippen LogP contribution in [0.15, 0.2) is 34.4 Å². The van der Waals surface area contributed by atoms with Crippen LogP contribution in [0.4, 0.5) is 23.2 Å². The van der Waals surface area contributed by atoms with Crippen LogP contribution in [0.2, 0.25) is 0 Å². The van der Waals surface area contributed by atoms with Crippen molar-refractivity contribution in [3.63, 3.8) is 0 Å². The maximum Gasteiger partial charge on any atom is 0.422 e. The van der Waals surface area contributed by atoms with Crippen molar-refractivity contribution in [2.45, 2.75) is 24.9 Å². The Morgan fingerprint density at radius 2 is 2.16 bits per heavy atom. The molecule has 0 bridgehead atoms. The first-order chi connectivity index (χ1) is 15.0. The van der Waals surface area contributed by atoms with Crippen molar-refractivity contribution >= 4 is 41.7 Å². The number of pyridine rings is 2. The van der Waals surface area contributed by atoms with Gasteiger partial charge >= 0.3 is 6.18 Å². The van der Waals surface area contributed by atoms with E-state index in [9.17, 15) is 22.4 Å². The summed E-state index contributed by atoms with van der Waals surface area (Å²) in [6.07, 6.45) is -1.86. The van der Waals surface area contributed by atoms with Gasteiger partial charge in [-0.05, 0) is 30.0 Å². The van der Waals surface area contributed by atoms with Gasteiger partial charge in [-0.25, -0.2) is 4.39 Å². The van der Waals surface area contributed by atoms with Crippen molar-refractivity contribution in [1.29, 1.82) is 0 Å². The van der Waals surface area contributed by atoms with Gasteiger partial charge in [0.1, 0.15) is 4.64 Å². The molecule has 0 saturated heterocycles. The fourth-order valence-electron chi connectivity index (χ4n) is 2.11. The van der Waals surface area contributed by atoms with E-state index in [1.807, 2.05) is 13.8 Å². The van der Waals surface area contributed by atoms with Gasteiger partial charge in [0.2, 0.25) is 5.88 Å². The van der Waals surface area contributed by atoms with E-state index in [1.54, 1.807) is 0 Å². The average molecular weight is 493 g/mol. The van der Waals surface area contributed by atoms with E-state index in [-0.39, 0.29) is 21.1 Å². The van der Waals surface area contributed by atoms with E-state index >= 15 is 0 Å². The molecule has 2 rings (SSSR count). The number of nitrogens with zero attached hydrogens (tertiary/aromatic N) is 2. The highest BCUT2D eigenvalue weighted by molar-refractivity contribution is 7.98. The zero-order valence-corrected chi connectivity index (χ0v) is 18.6. The molecule has 5 N–H and O–H groups in total. The maximum absolute atomic E-state index is 14.0. The number of guanidine groups is 1. The maximum atomic E-state index is 14.0. The monoisotopic (exact) mass is 492 g/mol. The SMILES string of the molecule is CC(C)CN=C(N)Nc1cnccc1C(=O)NSc1cc(F)c(OCC(F)(F)F)[nH]c1=S. The molecule has 0 aliphatic rings.